The number of aryl methyl sites for hydroxylation is 2. The van der Waals surface area contributed by atoms with Gasteiger partial charge in [0.25, 0.3) is 0 Å². The van der Waals surface area contributed by atoms with E-state index in [2.05, 4.69) is 6.07 Å². The van der Waals surface area contributed by atoms with Crippen LogP contribution < -0.4 is 0 Å². The van der Waals surface area contributed by atoms with Crippen molar-refractivity contribution in [1.82, 2.24) is 0 Å². The molecule has 0 amide bonds. The predicted octanol–water partition coefficient (Wildman–Crippen LogP) is 4.18. The van der Waals surface area contributed by atoms with Gasteiger partial charge in [0, 0.05) is 5.57 Å². The molecule has 0 heterocycles. The van der Waals surface area contributed by atoms with Gasteiger partial charge in [0.15, 0.2) is 6.29 Å². The van der Waals surface area contributed by atoms with Crippen molar-refractivity contribution < 1.29 is 9.18 Å². The van der Waals surface area contributed by atoms with Crippen LogP contribution >= 0.6 is 0 Å². The Morgan fingerprint density at radius 1 is 1.05 bits per heavy atom. The van der Waals surface area contributed by atoms with E-state index in [9.17, 15) is 9.18 Å². The lowest BCUT2D eigenvalue weighted by Gasteiger charge is -2.05. The molecule has 2 aromatic rings. The van der Waals surface area contributed by atoms with Gasteiger partial charge in [0.05, 0.1) is 0 Å². The summed E-state index contributed by atoms with van der Waals surface area (Å²) in [5.41, 5.74) is 4.56. The molecule has 0 aliphatic carbocycles. The Bertz CT molecular complexity index is 624. The molecule has 0 atom stereocenters. The van der Waals surface area contributed by atoms with Crippen molar-refractivity contribution in [2.75, 3.05) is 0 Å². The van der Waals surface area contributed by atoms with E-state index in [0.717, 1.165) is 23.0 Å². The number of allylic oxidation sites excluding steroid dienone is 1. The summed E-state index contributed by atoms with van der Waals surface area (Å²) in [6.07, 6.45) is 2.63. The van der Waals surface area contributed by atoms with E-state index >= 15 is 0 Å². The fourth-order valence-electron chi connectivity index (χ4n) is 1.98. The van der Waals surface area contributed by atoms with Crippen molar-refractivity contribution in [3.63, 3.8) is 0 Å². The van der Waals surface area contributed by atoms with Crippen LogP contribution in [0.25, 0.3) is 11.6 Å². The normalized spacial score (nSPS) is 11.4. The molecule has 0 N–H and O–H groups in total. The Labute approximate surface area is 112 Å². The summed E-state index contributed by atoms with van der Waals surface area (Å²) in [7, 11) is 0. The summed E-state index contributed by atoms with van der Waals surface area (Å²) in [6, 6.07) is 12.0. The fraction of sp³-hybridized carbons (Fsp3) is 0.118. The van der Waals surface area contributed by atoms with Gasteiger partial charge in [-0.3, -0.25) is 4.79 Å². The van der Waals surface area contributed by atoms with E-state index in [1.54, 1.807) is 12.1 Å². The number of benzene rings is 2. The second-order valence-corrected chi connectivity index (χ2v) is 4.58. The van der Waals surface area contributed by atoms with Crippen LogP contribution in [0.15, 0.2) is 42.5 Å². The van der Waals surface area contributed by atoms with E-state index in [4.69, 9.17) is 0 Å². The lowest BCUT2D eigenvalue weighted by molar-refractivity contribution is -0.103. The van der Waals surface area contributed by atoms with Gasteiger partial charge in [-0.15, -0.1) is 0 Å². The van der Waals surface area contributed by atoms with Gasteiger partial charge >= 0.3 is 0 Å². The number of halogens is 1. The standard InChI is InChI=1S/C17H15FO/c1-12-3-4-15(13(2)9-12)10-16(11-19)14-5-7-17(18)8-6-14/h3-11H,1-2H3/b16-10+. The molecule has 2 aromatic carbocycles. The maximum absolute atomic E-state index is 12.9. The molecule has 0 unspecified atom stereocenters. The van der Waals surface area contributed by atoms with Gasteiger partial charge in [-0.25, -0.2) is 4.39 Å². The molecule has 0 aromatic heterocycles. The molecule has 2 heteroatoms. The average molecular weight is 254 g/mol. The Morgan fingerprint density at radius 2 is 1.74 bits per heavy atom. The first kappa shape index (κ1) is 13.2. The Morgan fingerprint density at radius 3 is 2.32 bits per heavy atom. The van der Waals surface area contributed by atoms with Gasteiger partial charge in [-0.1, -0.05) is 35.9 Å². The number of carbonyl (C=O) groups excluding carboxylic acids is 1. The Hall–Kier alpha value is -2.22. The van der Waals surface area contributed by atoms with Gasteiger partial charge in [0.2, 0.25) is 0 Å². The topological polar surface area (TPSA) is 17.1 Å². The highest BCUT2D eigenvalue weighted by Crippen LogP contribution is 2.19. The van der Waals surface area contributed by atoms with E-state index < -0.39 is 0 Å². The fourth-order valence-corrected chi connectivity index (χ4v) is 1.98. The first-order chi connectivity index (χ1) is 9.10. The lowest BCUT2D eigenvalue weighted by atomic mass is 10.00. The minimum absolute atomic E-state index is 0.305. The Kier molecular flexibility index (Phi) is 3.91. The van der Waals surface area contributed by atoms with Gasteiger partial charge < -0.3 is 0 Å². The number of carbonyl (C=O) groups is 1. The van der Waals surface area contributed by atoms with Crippen LogP contribution in [0.5, 0.6) is 0 Å². The summed E-state index contributed by atoms with van der Waals surface area (Å²) in [4.78, 5) is 11.2. The highest BCUT2D eigenvalue weighted by Gasteiger charge is 2.03. The van der Waals surface area contributed by atoms with Crippen molar-refractivity contribution in [2.45, 2.75) is 13.8 Å². The highest BCUT2D eigenvalue weighted by atomic mass is 19.1. The van der Waals surface area contributed by atoms with Crippen LogP contribution in [-0.2, 0) is 4.79 Å². The van der Waals surface area contributed by atoms with Crippen LogP contribution in [0, 0.1) is 19.7 Å². The molecule has 0 radical (unpaired) electrons. The van der Waals surface area contributed by atoms with Crippen LogP contribution in [0.2, 0.25) is 0 Å². The molecular weight excluding hydrogens is 239 g/mol. The molecule has 1 nitrogen and oxygen atoms in total. The lowest BCUT2D eigenvalue weighted by Crippen LogP contribution is -1.89. The molecule has 0 fully saturated rings. The van der Waals surface area contributed by atoms with Gasteiger partial charge in [-0.05, 0) is 48.7 Å². The number of rotatable bonds is 3. The first-order valence-corrected chi connectivity index (χ1v) is 6.10. The van der Waals surface area contributed by atoms with Crippen LogP contribution in [-0.4, -0.2) is 6.29 Å². The van der Waals surface area contributed by atoms with E-state index in [1.165, 1.54) is 17.7 Å². The first-order valence-electron chi connectivity index (χ1n) is 6.10. The average Bonchev–Trinajstić information content (AvgIpc) is 2.39. The van der Waals surface area contributed by atoms with Crippen LogP contribution in [0.3, 0.4) is 0 Å². The van der Waals surface area contributed by atoms with Crippen molar-refractivity contribution >= 4 is 17.9 Å². The second-order valence-electron chi connectivity index (χ2n) is 4.58. The number of aldehydes is 1. The highest BCUT2D eigenvalue weighted by molar-refractivity contribution is 6.13. The zero-order valence-electron chi connectivity index (χ0n) is 11.0. The summed E-state index contributed by atoms with van der Waals surface area (Å²) in [5, 5.41) is 0. The zero-order valence-corrected chi connectivity index (χ0v) is 11.0. The van der Waals surface area contributed by atoms with E-state index in [0.29, 0.717) is 5.57 Å². The largest absolute Gasteiger partial charge is 0.298 e. The van der Waals surface area contributed by atoms with Crippen LogP contribution in [0.1, 0.15) is 22.3 Å². The third-order valence-corrected chi connectivity index (χ3v) is 3.04. The number of hydrogen-bond acceptors (Lipinski definition) is 1. The van der Waals surface area contributed by atoms with Crippen LogP contribution in [0.4, 0.5) is 4.39 Å². The van der Waals surface area contributed by atoms with Crippen molar-refractivity contribution in [2.24, 2.45) is 0 Å². The monoisotopic (exact) mass is 254 g/mol. The molecule has 0 bridgehead atoms. The molecular formula is C17H15FO. The minimum atomic E-state index is -0.305. The van der Waals surface area contributed by atoms with Crippen molar-refractivity contribution in [1.29, 1.82) is 0 Å². The summed E-state index contributed by atoms with van der Waals surface area (Å²) in [6.45, 7) is 4.03. The molecule has 0 aliphatic rings. The van der Waals surface area contributed by atoms with E-state index in [1.807, 2.05) is 32.1 Å². The SMILES string of the molecule is Cc1ccc(/C=C(\C=O)c2ccc(F)cc2)c(C)c1. The third kappa shape index (κ3) is 3.16. The molecule has 19 heavy (non-hydrogen) atoms. The quantitative estimate of drug-likeness (QED) is 0.456. The molecule has 0 saturated carbocycles. The molecule has 0 aliphatic heterocycles. The smallest absolute Gasteiger partial charge is 0.150 e. The predicted molar refractivity (Wildman–Crippen MR) is 76.3 cm³/mol. The summed E-state index contributed by atoms with van der Waals surface area (Å²) in [5.74, 6) is -0.305. The Balaban J connectivity index is 2.43. The number of hydrogen-bond donors (Lipinski definition) is 0. The second kappa shape index (κ2) is 5.61. The van der Waals surface area contributed by atoms with Crippen molar-refractivity contribution in [3.05, 3.63) is 70.5 Å². The van der Waals surface area contributed by atoms with Gasteiger partial charge in [0.1, 0.15) is 5.82 Å². The third-order valence-electron chi connectivity index (χ3n) is 3.04. The van der Waals surface area contributed by atoms with Gasteiger partial charge in [-0.2, -0.15) is 0 Å². The maximum Gasteiger partial charge on any atom is 0.150 e. The molecule has 0 saturated heterocycles. The summed E-state index contributed by atoms with van der Waals surface area (Å²) < 4.78 is 12.9. The van der Waals surface area contributed by atoms with Crippen molar-refractivity contribution in [3.8, 4) is 0 Å². The summed E-state index contributed by atoms with van der Waals surface area (Å²) >= 11 is 0. The zero-order chi connectivity index (χ0) is 13.8. The maximum atomic E-state index is 12.9. The minimum Gasteiger partial charge on any atom is -0.298 e. The molecule has 2 rings (SSSR count). The molecule has 0 spiro atoms. The molecule has 96 valence electrons. The van der Waals surface area contributed by atoms with E-state index in [-0.39, 0.29) is 5.82 Å².